The summed E-state index contributed by atoms with van der Waals surface area (Å²) in [5.74, 6) is 0. The van der Waals surface area contributed by atoms with Crippen LogP contribution in [0.15, 0.2) is 24.3 Å². The normalized spacial score (nSPS) is 15.5. The number of carbonyl (C=O) groups is 1. The molecular weight excluding hydrogens is 216 g/mol. The molecule has 1 saturated heterocycles. The second kappa shape index (κ2) is 5.54. The van der Waals surface area contributed by atoms with Crippen LogP contribution in [0.2, 0.25) is 0 Å². The van der Waals surface area contributed by atoms with Crippen molar-refractivity contribution in [1.82, 2.24) is 10.2 Å². The number of amides is 2. The molecule has 1 aliphatic heterocycles. The Bertz CT molecular complexity index is 371. The first-order valence-electron chi connectivity index (χ1n) is 5.84. The van der Waals surface area contributed by atoms with E-state index in [4.69, 9.17) is 0 Å². The molecule has 0 radical (unpaired) electrons. The summed E-state index contributed by atoms with van der Waals surface area (Å²) in [4.78, 5) is 13.7. The van der Waals surface area contributed by atoms with Crippen LogP contribution in [0.25, 0.3) is 0 Å². The third kappa shape index (κ3) is 3.10. The third-order valence-electron chi connectivity index (χ3n) is 2.83. The van der Waals surface area contributed by atoms with Crippen molar-refractivity contribution in [2.75, 3.05) is 43.9 Å². The van der Waals surface area contributed by atoms with Crippen molar-refractivity contribution in [3.63, 3.8) is 0 Å². The number of anilines is 2. The van der Waals surface area contributed by atoms with Crippen LogP contribution in [-0.4, -0.2) is 44.2 Å². The summed E-state index contributed by atoms with van der Waals surface area (Å²) in [6.07, 6.45) is 0. The minimum absolute atomic E-state index is 0.0243. The first-order chi connectivity index (χ1) is 8.29. The zero-order chi connectivity index (χ0) is 12.1. The fourth-order valence-electron chi connectivity index (χ4n) is 1.79. The van der Waals surface area contributed by atoms with E-state index >= 15 is 0 Å². The number of urea groups is 1. The Morgan fingerprint density at radius 1 is 1.18 bits per heavy atom. The standard InChI is InChI=1S/C12H18N4O/c1-13-10-2-4-11(5-3-10)15-12(17)16-8-6-14-7-9-16/h2-5,13-14H,6-9H2,1H3,(H,15,17). The van der Waals surface area contributed by atoms with Gasteiger partial charge in [0.05, 0.1) is 0 Å². The topological polar surface area (TPSA) is 56.4 Å². The number of hydrogen-bond donors (Lipinski definition) is 3. The minimum Gasteiger partial charge on any atom is -0.388 e. The maximum absolute atomic E-state index is 11.9. The fourth-order valence-corrected chi connectivity index (χ4v) is 1.79. The van der Waals surface area contributed by atoms with E-state index in [1.807, 2.05) is 36.2 Å². The molecule has 0 spiro atoms. The lowest BCUT2D eigenvalue weighted by molar-refractivity contribution is 0.204. The summed E-state index contributed by atoms with van der Waals surface area (Å²) in [5.41, 5.74) is 1.86. The highest BCUT2D eigenvalue weighted by molar-refractivity contribution is 5.89. The number of carbonyl (C=O) groups excluding carboxylic acids is 1. The maximum Gasteiger partial charge on any atom is 0.321 e. The van der Waals surface area contributed by atoms with Crippen LogP contribution in [0.3, 0.4) is 0 Å². The van der Waals surface area contributed by atoms with E-state index in [-0.39, 0.29) is 6.03 Å². The molecule has 5 nitrogen and oxygen atoms in total. The fraction of sp³-hybridized carbons (Fsp3) is 0.417. The number of rotatable bonds is 2. The molecule has 0 aliphatic carbocycles. The van der Waals surface area contributed by atoms with E-state index in [2.05, 4.69) is 16.0 Å². The number of piperazine rings is 1. The van der Waals surface area contributed by atoms with Crippen LogP contribution in [-0.2, 0) is 0 Å². The first kappa shape index (κ1) is 11.7. The van der Waals surface area contributed by atoms with Crippen molar-refractivity contribution in [2.45, 2.75) is 0 Å². The van der Waals surface area contributed by atoms with Crippen LogP contribution in [0, 0.1) is 0 Å². The van der Waals surface area contributed by atoms with Crippen molar-refractivity contribution in [2.24, 2.45) is 0 Å². The molecule has 2 amide bonds. The second-order valence-corrected chi connectivity index (χ2v) is 3.99. The van der Waals surface area contributed by atoms with E-state index in [0.29, 0.717) is 0 Å². The maximum atomic E-state index is 11.9. The van der Waals surface area contributed by atoms with Gasteiger partial charge in [0.15, 0.2) is 0 Å². The second-order valence-electron chi connectivity index (χ2n) is 3.99. The molecule has 1 aromatic rings. The predicted octanol–water partition coefficient (Wildman–Crippen LogP) is 1.17. The van der Waals surface area contributed by atoms with Gasteiger partial charge in [-0.2, -0.15) is 0 Å². The van der Waals surface area contributed by atoms with E-state index in [9.17, 15) is 4.79 Å². The lowest BCUT2D eigenvalue weighted by atomic mass is 10.3. The molecule has 5 heteroatoms. The summed E-state index contributed by atoms with van der Waals surface area (Å²) in [6, 6.07) is 7.64. The number of nitrogens with zero attached hydrogens (tertiary/aromatic N) is 1. The van der Waals surface area contributed by atoms with Gasteiger partial charge in [-0.05, 0) is 24.3 Å². The summed E-state index contributed by atoms with van der Waals surface area (Å²) in [7, 11) is 1.87. The summed E-state index contributed by atoms with van der Waals surface area (Å²) in [6.45, 7) is 3.26. The average molecular weight is 234 g/mol. The molecule has 1 aromatic carbocycles. The van der Waals surface area contributed by atoms with Gasteiger partial charge in [-0.25, -0.2) is 4.79 Å². The molecule has 0 atom stereocenters. The van der Waals surface area contributed by atoms with Crippen LogP contribution >= 0.6 is 0 Å². The summed E-state index contributed by atoms with van der Waals surface area (Å²) >= 11 is 0. The Balaban J connectivity index is 1.92. The quantitative estimate of drug-likeness (QED) is 0.720. The Hall–Kier alpha value is -1.75. The molecule has 1 heterocycles. The van der Waals surface area contributed by atoms with Crippen LogP contribution in [0.5, 0.6) is 0 Å². The van der Waals surface area contributed by atoms with Crippen molar-refractivity contribution in [1.29, 1.82) is 0 Å². The molecule has 0 saturated carbocycles. The van der Waals surface area contributed by atoms with Gasteiger partial charge in [-0.15, -0.1) is 0 Å². The first-order valence-corrected chi connectivity index (χ1v) is 5.84. The zero-order valence-electron chi connectivity index (χ0n) is 9.99. The molecule has 2 rings (SSSR count). The van der Waals surface area contributed by atoms with E-state index in [1.54, 1.807) is 0 Å². The smallest absolute Gasteiger partial charge is 0.321 e. The monoisotopic (exact) mass is 234 g/mol. The van der Waals surface area contributed by atoms with Gasteiger partial charge in [0.25, 0.3) is 0 Å². The predicted molar refractivity (Wildman–Crippen MR) is 69.5 cm³/mol. The molecule has 3 N–H and O–H groups in total. The minimum atomic E-state index is -0.0243. The van der Waals surface area contributed by atoms with Gasteiger partial charge in [0.2, 0.25) is 0 Å². The van der Waals surface area contributed by atoms with Gasteiger partial charge in [-0.1, -0.05) is 0 Å². The van der Waals surface area contributed by atoms with Crippen molar-refractivity contribution >= 4 is 17.4 Å². The highest BCUT2D eigenvalue weighted by Gasteiger charge is 2.15. The lowest BCUT2D eigenvalue weighted by Crippen LogP contribution is -2.48. The largest absolute Gasteiger partial charge is 0.388 e. The highest BCUT2D eigenvalue weighted by Crippen LogP contribution is 2.13. The van der Waals surface area contributed by atoms with Crippen molar-refractivity contribution in [3.05, 3.63) is 24.3 Å². The zero-order valence-corrected chi connectivity index (χ0v) is 9.99. The molecule has 17 heavy (non-hydrogen) atoms. The number of hydrogen-bond acceptors (Lipinski definition) is 3. The van der Waals surface area contributed by atoms with Crippen LogP contribution in [0.4, 0.5) is 16.2 Å². The van der Waals surface area contributed by atoms with E-state index in [0.717, 1.165) is 37.6 Å². The van der Waals surface area contributed by atoms with Crippen molar-refractivity contribution in [3.8, 4) is 0 Å². The SMILES string of the molecule is CNc1ccc(NC(=O)N2CCNCC2)cc1. The van der Waals surface area contributed by atoms with E-state index < -0.39 is 0 Å². The van der Waals surface area contributed by atoms with Crippen molar-refractivity contribution < 1.29 is 4.79 Å². The Morgan fingerprint density at radius 3 is 2.35 bits per heavy atom. The Kier molecular flexibility index (Phi) is 3.82. The lowest BCUT2D eigenvalue weighted by Gasteiger charge is -2.27. The number of benzene rings is 1. The Labute approximate surface area is 101 Å². The molecule has 1 fully saturated rings. The average Bonchev–Trinajstić information content (AvgIpc) is 2.40. The molecule has 0 aromatic heterocycles. The van der Waals surface area contributed by atoms with Gasteiger partial charge in [0, 0.05) is 44.6 Å². The molecule has 0 bridgehead atoms. The van der Waals surface area contributed by atoms with Gasteiger partial charge in [-0.3, -0.25) is 0 Å². The Morgan fingerprint density at radius 2 is 1.76 bits per heavy atom. The van der Waals surface area contributed by atoms with Crippen LogP contribution in [0.1, 0.15) is 0 Å². The molecule has 1 aliphatic rings. The summed E-state index contributed by atoms with van der Waals surface area (Å²) in [5, 5.41) is 9.15. The van der Waals surface area contributed by atoms with Gasteiger partial charge in [0.1, 0.15) is 0 Å². The van der Waals surface area contributed by atoms with Gasteiger partial charge < -0.3 is 20.9 Å². The highest BCUT2D eigenvalue weighted by atomic mass is 16.2. The van der Waals surface area contributed by atoms with E-state index in [1.165, 1.54) is 0 Å². The molecular formula is C12H18N4O. The molecule has 0 unspecified atom stereocenters. The number of nitrogens with one attached hydrogen (secondary N) is 3. The van der Waals surface area contributed by atoms with Crippen LogP contribution < -0.4 is 16.0 Å². The summed E-state index contributed by atoms with van der Waals surface area (Å²) < 4.78 is 0. The van der Waals surface area contributed by atoms with Gasteiger partial charge >= 0.3 is 6.03 Å². The molecule has 92 valence electrons. The third-order valence-corrected chi connectivity index (χ3v) is 2.83.